The Bertz CT molecular complexity index is 127. The normalized spacial score (nSPS) is 27.8. The van der Waals surface area contributed by atoms with Crippen molar-refractivity contribution in [1.29, 1.82) is 0 Å². The lowest BCUT2D eigenvalue weighted by atomic mass is 10.1. The van der Waals surface area contributed by atoms with Crippen molar-refractivity contribution < 1.29 is 0 Å². The zero-order valence-corrected chi connectivity index (χ0v) is 8.98. The van der Waals surface area contributed by atoms with E-state index in [9.17, 15) is 0 Å². The average molecular weight is 190 g/mol. The van der Waals surface area contributed by atoms with E-state index in [4.69, 9.17) is 11.6 Å². The maximum absolute atomic E-state index is 5.83. The minimum atomic E-state index is 0.756. The number of likely N-dealkylation sites (tertiary alicyclic amines) is 1. The molecule has 1 saturated heterocycles. The smallest absolute Gasteiger partial charge is 0.0264 e. The van der Waals surface area contributed by atoms with Gasteiger partial charge in [0.05, 0.1) is 0 Å². The van der Waals surface area contributed by atoms with Crippen LogP contribution >= 0.6 is 11.6 Å². The quantitative estimate of drug-likeness (QED) is 0.615. The molecule has 1 aliphatic rings. The topological polar surface area (TPSA) is 3.24 Å². The molecule has 0 spiro atoms. The molecule has 0 bridgehead atoms. The summed E-state index contributed by atoms with van der Waals surface area (Å²) in [7, 11) is 0. The fourth-order valence-corrected chi connectivity index (χ4v) is 2.24. The van der Waals surface area contributed by atoms with Gasteiger partial charge in [-0.1, -0.05) is 13.3 Å². The SMILES string of the molecule is CCCC(C)N1CCC(CCl)C1. The molecule has 0 aromatic heterocycles. The molecule has 1 aliphatic heterocycles. The summed E-state index contributed by atoms with van der Waals surface area (Å²) in [4.78, 5) is 2.58. The fraction of sp³-hybridized carbons (Fsp3) is 1.00. The van der Waals surface area contributed by atoms with E-state index in [0.717, 1.165) is 17.8 Å². The van der Waals surface area contributed by atoms with Crippen LogP contribution in [0.3, 0.4) is 0 Å². The third-order valence-electron chi connectivity index (χ3n) is 2.87. The number of nitrogens with zero attached hydrogens (tertiary/aromatic N) is 1. The van der Waals surface area contributed by atoms with Gasteiger partial charge in [0.25, 0.3) is 0 Å². The van der Waals surface area contributed by atoms with Crippen molar-refractivity contribution in [2.45, 2.75) is 39.2 Å². The molecular weight excluding hydrogens is 170 g/mol. The van der Waals surface area contributed by atoms with Gasteiger partial charge in [0.15, 0.2) is 0 Å². The van der Waals surface area contributed by atoms with E-state index in [-0.39, 0.29) is 0 Å². The Kier molecular flexibility index (Phi) is 4.38. The lowest BCUT2D eigenvalue weighted by Gasteiger charge is -2.23. The highest BCUT2D eigenvalue weighted by Crippen LogP contribution is 2.21. The maximum Gasteiger partial charge on any atom is 0.0264 e. The van der Waals surface area contributed by atoms with E-state index in [0.29, 0.717) is 0 Å². The molecule has 0 N–H and O–H groups in total. The number of rotatable bonds is 4. The van der Waals surface area contributed by atoms with E-state index in [2.05, 4.69) is 18.7 Å². The second-order valence-corrected chi connectivity index (χ2v) is 4.25. The zero-order valence-electron chi connectivity index (χ0n) is 8.22. The van der Waals surface area contributed by atoms with Crippen LogP contribution in [0.15, 0.2) is 0 Å². The van der Waals surface area contributed by atoms with Crippen LogP contribution < -0.4 is 0 Å². The first-order chi connectivity index (χ1) is 5.77. The van der Waals surface area contributed by atoms with Crippen molar-refractivity contribution in [3.8, 4) is 0 Å². The van der Waals surface area contributed by atoms with E-state index in [1.54, 1.807) is 0 Å². The molecule has 2 unspecified atom stereocenters. The van der Waals surface area contributed by atoms with Gasteiger partial charge in [0.2, 0.25) is 0 Å². The van der Waals surface area contributed by atoms with Gasteiger partial charge in [-0.15, -0.1) is 11.6 Å². The molecule has 0 aromatic rings. The zero-order chi connectivity index (χ0) is 8.97. The molecule has 1 nitrogen and oxygen atoms in total. The molecule has 12 heavy (non-hydrogen) atoms. The Labute approximate surface area is 81.1 Å². The minimum Gasteiger partial charge on any atom is -0.300 e. The number of alkyl halides is 1. The van der Waals surface area contributed by atoms with E-state index < -0.39 is 0 Å². The molecule has 72 valence electrons. The summed E-state index contributed by atoms with van der Waals surface area (Å²) in [6.07, 6.45) is 3.93. The van der Waals surface area contributed by atoms with Crippen LogP contribution in [0, 0.1) is 5.92 Å². The van der Waals surface area contributed by atoms with Crippen molar-refractivity contribution in [2.24, 2.45) is 5.92 Å². The lowest BCUT2D eigenvalue weighted by Crippen LogP contribution is -2.30. The van der Waals surface area contributed by atoms with Crippen LogP contribution in [-0.2, 0) is 0 Å². The predicted octanol–water partition coefficient (Wildman–Crippen LogP) is 2.74. The first kappa shape index (κ1) is 10.3. The van der Waals surface area contributed by atoms with Crippen molar-refractivity contribution in [1.82, 2.24) is 4.90 Å². The minimum absolute atomic E-state index is 0.756. The Morgan fingerprint density at radius 1 is 1.58 bits per heavy atom. The fourth-order valence-electron chi connectivity index (χ4n) is 1.99. The van der Waals surface area contributed by atoms with Gasteiger partial charge in [-0.2, -0.15) is 0 Å². The van der Waals surface area contributed by atoms with Gasteiger partial charge < -0.3 is 4.90 Å². The lowest BCUT2D eigenvalue weighted by molar-refractivity contribution is 0.239. The summed E-state index contributed by atoms with van der Waals surface area (Å²) < 4.78 is 0. The van der Waals surface area contributed by atoms with Crippen LogP contribution in [0.1, 0.15) is 33.1 Å². The monoisotopic (exact) mass is 189 g/mol. The summed E-state index contributed by atoms with van der Waals surface area (Å²) in [6, 6.07) is 0.767. The van der Waals surface area contributed by atoms with Crippen LogP contribution in [0.25, 0.3) is 0 Å². The molecule has 2 heteroatoms. The van der Waals surface area contributed by atoms with Gasteiger partial charge >= 0.3 is 0 Å². The Hall–Kier alpha value is 0.250. The number of hydrogen-bond donors (Lipinski definition) is 0. The van der Waals surface area contributed by atoms with Crippen LogP contribution in [0.5, 0.6) is 0 Å². The Balaban J connectivity index is 2.25. The van der Waals surface area contributed by atoms with Crippen molar-refractivity contribution >= 4 is 11.6 Å². The molecule has 0 aromatic carbocycles. The first-order valence-corrected chi connectivity index (χ1v) is 5.61. The van der Waals surface area contributed by atoms with Crippen molar-refractivity contribution in [3.05, 3.63) is 0 Å². The molecule has 2 atom stereocenters. The van der Waals surface area contributed by atoms with E-state index >= 15 is 0 Å². The van der Waals surface area contributed by atoms with Gasteiger partial charge in [-0.3, -0.25) is 0 Å². The van der Waals surface area contributed by atoms with Crippen LogP contribution in [0.4, 0.5) is 0 Å². The average Bonchev–Trinajstić information content (AvgIpc) is 2.52. The van der Waals surface area contributed by atoms with Crippen molar-refractivity contribution in [3.63, 3.8) is 0 Å². The Morgan fingerprint density at radius 3 is 2.83 bits per heavy atom. The molecule has 1 heterocycles. The second kappa shape index (κ2) is 5.08. The molecule has 1 fully saturated rings. The van der Waals surface area contributed by atoms with Crippen molar-refractivity contribution in [2.75, 3.05) is 19.0 Å². The van der Waals surface area contributed by atoms with Crippen LogP contribution in [-0.4, -0.2) is 29.9 Å². The first-order valence-electron chi connectivity index (χ1n) is 5.08. The summed E-state index contributed by atoms with van der Waals surface area (Å²) in [5.74, 6) is 1.60. The predicted molar refractivity (Wildman–Crippen MR) is 54.8 cm³/mol. The van der Waals surface area contributed by atoms with Gasteiger partial charge in [0.1, 0.15) is 0 Å². The highest BCUT2D eigenvalue weighted by atomic mass is 35.5. The molecule has 0 aliphatic carbocycles. The van der Waals surface area contributed by atoms with Gasteiger partial charge in [-0.05, 0) is 32.2 Å². The van der Waals surface area contributed by atoms with E-state index in [1.165, 1.54) is 32.4 Å². The highest BCUT2D eigenvalue weighted by molar-refractivity contribution is 6.18. The third-order valence-corrected chi connectivity index (χ3v) is 3.30. The molecule has 0 radical (unpaired) electrons. The summed E-state index contributed by atoms with van der Waals surface area (Å²) >= 11 is 5.83. The largest absolute Gasteiger partial charge is 0.300 e. The molecule has 0 amide bonds. The van der Waals surface area contributed by atoms with Gasteiger partial charge in [-0.25, -0.2) is 0 Å². The third kappa shape index (κ3) is 2.63. The maximum atomic E-state index is 5.83. The summed E-state index contributed by atoms with van der Waals surface area (Å²) in [5.41, 5.74) is 0. The van der Waals surface area contributed by atoms with E-state index in [1.807, 2.05) is 0 Å². The van der Waals surface area contributed by atoms with Crippen LogP contribution in [0.2, 0.25) is 0 Å². The summed E-state index contributed by atoms with van der Waals surface area (Å²) in [5, 5.41) is 0. The highest BCUT2D eigenvalue weighted by Gasteiger charge is 2.24. The Morgan fingerprint density at radius 2 is 2.33 bits per heavy atom. The molecular formula is C10H20ClN. The van der Waals surface area contributed by atoms with Gasteiger partial charge in [0, 0.05) is 18.5 Å². The standard InChI is InChI=1S/C10H20ClN/c1-3-4-9(2)12-6-5-10(7-11)8-12/h9-10H,3-8H2,1-2H3. The molecule has 0 saturated carbocycles. The summed E-state index contributed by atoms with van der Waals surface area (Å²) in [6.45, 7) is 7.08. The number of hydrogen-bond acceptors (Lipinski definition) is 1. The molecule has 1 rings (SSSR count). The second-order valence-electron chi connectivity index (χ2n) is 3.94. The number of halogens is 1.